The van der Waals surface area contributed by atoms with Gasteiger partial charge in [0.05, 0.1) is 5.69 Å². The molecule has 1 atom stereocenters. The number of halogens is 2. The van der Waals surface area contributed by atoms with E-state index in [0.717, 1.165) is 16.4 Å². The van der Waals surface area contributed by atoms with Crippen LogP contribution in [0.5, 0.6) is 0 Å². The van der Waals surface area contributed by atoms with E-state index < -0.39 is 0 Å². The van der Waals surface area contributed by atoms with Crippen LogP contribution >= 0.6 is 22.6 Å². The largest absolute Gasteiger partial charge is 0.325 e. The van der Waals surface area contributed by atoms with Gasteiger partial charge < -0.3 is 5.32 Å². The summed E-state index contributed by atoms with van der Waals surface area (Å²) in [7, 11) is 0. The number of carbonyl (C=O) groups is 1. The Kier molecular flexibility index (Phi) is 5.18. The van der Waals surface area contributed by atoms with Crippen LogP contribution in [0, 0.1) is 15.3 Å². The number of amides is 1. The molecule has 0 saturated carbocycles. The molecule has 0 aromatic heterocycles. The summed E-state index contributed by atoms with van der Waals surface area (Å²) in [6, 6.07) is 4.34. The molecule has 4 heteroatoms. The quantitative estimate of drug-likeness (QED) is 0.833. The number of nitrogens with one attached hydrogen (secondary N) is 1. The lowest BCUT2D eigenvalue weighted by Gasteiger charge is -2.12. The topological polar surface area (TPSA) is 29.1 Å². The lowest BCUT2D eigenvalue weighted by atomic mass is 10.1. The van der Waals surface area contributed by atoms with Crippen molar-refractivity contribution in [2.24, 2.45) is 5.92 Å². The highest BCUT2D eigenvalue weighted by Crippen LogP contribution is 2.20. The second kappa shape index (κ2) is 6.18. The third-order valence-electron chi connectivity index (χ3n) is 2.36. The van der Waals surface area contributed by atoms with Crippen LogP contribution in [0.15, 0.2) is 18.2 Å². The molecule has 0 aliphatic heterocycles. The van der Waals surface area contributed by atoms with E-state index in [2.05, 4.69) is 5.32 Å². The van der Waals surface area contributed by atoms with Gasteiger partial charge in [0.15, 0.2) is 0 Å². The van der Waals surface area contributed by atoms with Crippen molar-refractivity contribution in [2.45, 2.75) is 26.7 Å². The second-order valence-corrected chi connectivity index (χ2v) is 4.97. The summed E-state index contributed by atoms with van der Waals surface area (Å²) in [5, 5.41) is 2.81. The molecule has 1 amide bonds. The van der Waals surface area contributed by atoms with E-state index in [1.54, 1.807) is 6.07 Å². The summed E-state index contributed by atoms with van der Waals surface area (Å²) in [5.41, 5.74) is 0.676. The van der Waals surface area contributed by atoms with Crippen LogP contribution in [0.3, 0.4) is 0 Å². The zero-order valence-electron chi connectivity index (χ0n) is 9.39. The zero-order chi connectivity index (χ0) is 12.1. The first-order valence-electron chi connectivity index (χ1n) is 5.30. The maximum atomic E-state index is 12.8. The molecular formula is C12H15FINO. The fraction of sp³-hybridized carbons (Fsp3) is 0.417. The Morgan fingerprint density at radius 1 is 1.56 bits per heavy atom. The molecule has 1 aromatic carbocycles. The standard InChI is InChI=1S/C12H15FINO/c1-3-4-8(2)12(16)15-11-6-5-9(13)7-10(11)14/h5-8H,3-4H2,1-2H3,(H,15,16). The predicted octanol–water partition coefficient (Wildman–Crippen LogP) is 3.81. The van der Waals surface area contributed by atoms with Crippen LogP contribution in [-0.4, -0.2) is 5.91 Å². The molecule has 0 aliphatic rings. The van der Waals surface area contributed by atoms with E-state index in [1.165, 1.54) is 12.1 Å². The van der Waals surface area contributed by atoms with E-state index in [4.69, 9.17) is 0 Å². The summed E-state index contributed by atoms with van der Waals surface area (Å²) in [6.07, 6.45) is 1.85. The van der Waals surface area contributed by atoms with Crippen molar-refractivity contribution in [1.82, 2.24) is 0 Å². The van der Waals surface area contributed by atoms with Gasteiger partial charge in [-0.2, -0.15) is 0 Å². The van der Waals surface area contributed by atoms with E-state index in [9.17, 15) is 9.18 Å². The molecule has 0 bridgehead atoms. The monoisotopic (exact) mass is 335 g/mol. The van der Waals surface area contributed by atoms with Gasteiger partial charge in [0.2, 0.25) is 5.91 Å². The Labute approximate surface area is 109 Å². The minimum atomic E-state index is -0.288. The van der Waals surface area contributed by atoms with Gasteiger partial charge in [-0.1, -0.05) is 20.3 Å². The van der Waals surface area contributed by atoms with Crippen molar-refractivity contribution >= 4 is 34.2 Å². The third kappa shape index (κ3) is 3.73. The van der Waals surface area contributed by atoms with Gasteiger partial charge in [-0.05, 0) is 47.2 Å². The van der Waals surface area contributed by atoms with Gasteiger partial charge in [0.1, 0.15) is 5.82 Å². The molecule has 0 fully saturated rings. The Hall–Kier alpha value is -0.650. The predicted molar refractivity (Wildman–Crippen MR) is 71.8 cm³/mol. The van der Waals surface area contributed by atoms with Crippen molar-refractivity contribution < 1.29 is 9.18 Å². The molecule has 0 saturated heterocycles. The molecule has 2 nitrogen and oxygen atoms in total. The number of benzene rings is 1. The lowest BCUT2D eigenvalue weighted by Crippen LogP contribution is -2.20. The van der Waals surface area contributed by atoms with Crippen molar-refractivity contribution in [2.75, 3.05) is 5.32 Å². The SMILES string of the molecule is CCCC(C)C(=O)Nc1ccc(F)cc1I. The number of anilines is 1. The molecule has 16 heavy (non-hydrogen) atoms. The third-order valence-corrected chi connectivity index (χ3v) is 3.25. The van der Waals surface area contributed by atoms with E-state index in [0.29, 0.717) is 5.69 Å². The Morgan fingerprint density at radius 2 is 2.25 bits per heavy atom. The molecule has 0 radical (unpaired) electrons. The average molecular weight is 335 g/mol. The van der Waals surface area contributed by atoms with Crippen LogP contribution < -0.4 is 5.32 Å². The molecule has 88 valence electrons. The van der Waals surface area contributed by atoms with Gasteiger partial charge >= 0.3 is 0 Å². The second-order valence-electron chi connectivity index (χ2n) is 3.80. The minimum absolute atomic E-state index is 0.00799. The number of rotatable bonds is 4. The number of hydrogen-bond donors (Lipinski definition) is 1. The zero-order valence-corrected chi connectivity index (χ0v) is 11.5. The first-order chi connectivity index (χ1) is 7.54. The summed E-state index contributed by atoms with van der Waals surface area (Å²) in [4.78, 5) is 11.7. The van der Waals surface area contributed by atoms with Gasteiger partial charge in [0.25, 0.3) is 0 Å². The summed E-state index contributed by atoms with van der Waals surface area (Å²) < 4.78 is 13.6. The smallest absolute Gasteiger partial charge is 0.227 e. The van der Waals surface area contributed by atoms with Crippen LogP contribution in [0.4, 0.5) is 10.1 Å². The van der Waals surface area contributed by atoms with E-state index in [-0.39, 0.29) is 17.6 Å². The molecule has 1 N–H and O–H groups in total. The summed E-state index contributed by atoms with van der Waals surface area (Å²) >= 11 is 2.01. The van der Waals surface area contributed by atoms with Crippen LogP contribution in [0.2, 0.25) is 0 Å². The maximum Gasteiger partial charge on any atom is 0.227 e. The normalized spacial score (nSPS) is 12.2. The van der Waals surface area contributed by atoms with Crippen molar-refractivity contribution in [1.29, 1.82) is 0 Å². The van der Waals surface area contributed by atoms with Crippen LogP contribution in [0.25, 0.3) is 0 Å². The number of carbonyl (C=O) groups excluding carboxylic acids is 1. The summed E-state index contributed by atoms with van der Waals surface area (Å²) in [6.45, 7) is 3.95. The van der Waals surface area contributed by atoms with Crippen molar-refractivity contribution in [3.8, 4) is 0 Å². The highest BCUT2D eigenvalue weighted by atomic mass is 127. The van der Waals surface area contributed by atoms with Gasteiger partial charge in [0, 0.05) is 9.49 Å². The summed E-state index contributed by atoms with van der Waals surface area (Å²) in [5.74, 6) is -0.304. The van der Waals surface area contributed by atoms with Gasteiger partial charge in [-0.15, -0.1) is 0 Å². The Bertz CT molecular complexity index is 381. The van der Waals surface area contributed by atoms with Crippen molar-refractivity contribution in [3.05, 3.63) is 27.6 Å². The first-order valence-corrected chi connectivity index (χ1v) is 6.38. The fourth-order valence-electron chi connectivity index (χ4n) is 1.41. The number of hydrogen-bond acceptors (Lipinski definition) is 1. The van der Waals surface area contributed by atoms with Gasteiger partial charge in [-0.25, -0.2) is 4.39 Å². The molecule has 1 rings (SSSR count). The molecule has 0 aliphatic carbocycles. The van der Waals surface area contributed by atoms with E-state index >= 15 is 0 Å². The lowest BCUT2D eigenvalue weighted by molar-refractivity contribution is -0.119. The van der Waals surface area contributed by atoms with E-state index in [1.807, 2.05) is 36.4 Å². The Morgan fingerprint density at radius 3 is 2.81 bits per heavy atom. The molecule has 0 heterocycles. The van der Waals surface area contributed by atoms with Crippen LogP contribution in [0.1, 0.15) is 26.7 Å². The maximum absolute atomic E-state index is 12.8. The highest BCUT2D eigenvalue weighted by Gasteiger charge is 2.13. The van der Waals surface area contributed by atoms with Gasteiger partial charge in [-0.3, -0.25) is 4.79 Å². The molecule has 0 spiro atoms. The molecule has 1 aromatic rings. The first kappa shape index (κ1) is 13.4. The minimum Gasteiger partial charge on any atom is -0.325 e. The Balaban J connectivity index is 2.69. The average Bonchev–Trinajstić information content (AvgIpc) is 2.22. The van der Waals surface area contributed by atoms with Crippen molar-refractivity contribution in [3.63, 3.8) is 0 Å². The van der Waals surface area contributed by atoms with Crippen LogP contribution in [-0.2, 0) is 4.79 Å². The highest BCUT2D eigenvalue weighted by molar-refractivity contribution is 14.1. The molecular weight excluding hydrogens is 320 g/mol. The molecule has 1 unspecified atom stereocenters. The fourth-order valence-corrected chi connectivity index (χ4v) is 2.02.